The first kappa shape index (κ1) is 15.7. The Morgan fingerprint density at radius 1 is 1.32 bits per heavy atom. The lowest BCUT2D eigenvalue weighted by atomic mass is 10.0. The molecule has 0 fully saturated rings. The molecule has 3 aromatic rings. The average molecular weight is 359 g/mol. The number of aromatic nitrogens is 3. The largest absolute Gasteiger partial charge is 0.382 e. The summed E-state index contributed by atoms with van der Waals surface area (Å²) in [5.41, 5.74) is 2.11. The van der Waals surface area contributed by atoms with Crippen molar-refractivity contribution in [2.45, 2.75) is 19.0 Å². The third-order valence-corrected chi connectivity index (χ3v) is 4.80. The van der Waals surface area contributed by atoms with Gasteiger partial charge in [-0.1, -0.05) is 29.8 Å². The van der Waals surface area contributed by atoms with Gasteiger partial charge in [0.05, 0.1) is 29.5 Å². The smallest absolute Gasteiger partial charge is 0.280 e. The van der Waals surface area contributed by atoms with Crippen molar-refractivity contribution in [3.05, 3.63) is 74.5 Å². The number of halogens is 1. The molecule has 128 valence electrons. The van der Waals surface area contributed by atoms with Crippen molar-refractivity contribution in [1.29, 1.82) is 0 Å². The van der Waals surface area contributed by atoms with Gasteiger partial charge in [-0.3, -0.25) is 14.3 Å². The molecule has 1 amide bonds. The van der Waals surface area contributed by atoms with Gasteiger partial charge in [-0.25, -0.2) is 0 Å². The maximum absolute atomic E-state index is 12.9. The molecule has 0 bridgehead atoms. The second-order valence-corrected chi connectivity index (χ2v) is 6.39. The highest BCUT2D eigenvalue weighted by molar-refractivity contribution is 6.31. The number of carbonyl (C=O) groups excluding carboxylic acids is 1. The minimum Gasteiger partial charge on any atom is -0.382 e. The van der Waals surface area contributed by atoms with Gasteiger partial charge in [-0.05, 0) is 11.6 Å². The molecule has 0 radical (unpaired) electrons. The number of carbonyl (C=O) groups is 1. The van der Waals surface area contributed by atoms with Crippen LogP contribution in [0.4, 0.5) is 0 Å². The number of fused-ring (bicyclic) bond motifs is 1. The van der Waals surface area contributed by atoms with Crippen molar-refractivity contribution in [1.82, 2.24) is 19.8 Å². The van der Waals surface area contributed by atoms with Gasteiger partial charge >= 0.3 is 0 Å². The number of aromatic amines is 1. The van der Waals surface area contributed by atoms with E-state index in [0.717, 1.165) is 11.3 Å². The molecule has 1 aliphatic rings. The molecule has 0 spiro atoms. The molecule has 1 unspecified atom stereocenters. The van der Waals surface area contributed by atoms with Crippen molar-refractivity contribution >= 4 is 17.5 Å². The zero-order chi connectivity index (χ0) is 17.6. The highest BCUT2D eigenvalue weighted by Gasteiger charge is 2.37. The number of rotatable bonds is 4. The molecule has 0 saturated heterocycles. The van der Waals surface area contributed by atoms with E-state index >= 15 is 0 Å². The summed E-state index contributed by atoms with van der Waals surface area (Å²) in [6, 6.07) is 8.63. The predicted molar refractivity (Wildman–Crippen MR) is 90.3 cm³/mol. The van der Waals surface area contributed by atoms with Crippen LogP contribution < -0.4 is 5.56 Å². The van der Waals surface area contributed by atoms with E-state index in [9.17, 15) is 9.59 Å². The van der Waals surface area contributed by atoms with Crippen LogP contribution in [0, 0.1) is 0 Å². The number of hydrogen-bond donors (Lipinski definition) is 1. The molecule has 1 aliphatic heterocycles. The fourth-order valence-corrected chi connectivity index (χ4v) is 3.51. The summed E-state index contributed by atoms with van der Waals surface area (Å²) in [6.45, 7) is 0.201. The Balaban J connectivity index is 1.73. The third kappa shape index (κ3) is 2.66. The van der Waals surface area contributed by atoms with Crippen molar-refractivity contribution in [3.8, 4) is 0 Å². The normalized spacial score (nSPS) is 16.5. The fraction of sp³-hybridized carbons (Fsp3) is 0.235. The number of nitrogens with one attached hydrogen (secondary N) is 1. The second kappa shape index (κ2) is 5.93. The van der Waals surface area contributed by atoms with Crippen molar-refractivity contribution in [3.63, 3.8) is 0 Å². The predicted octanol–water partition coefficient (Wildman–Crippen LogP) is 2.29. The molecule has 1 atom stereocenters. The number of amides is 1. The van der Waals surface area contributed by atoms with Crippen LogP contribution in [0.5, 0.6) is 0 Å². The third-order valence-electron chi connectivity index (χ3n) is 4.49. The van der Waals surface area contributed by atoms with Crippen molar-refractivity contribution < 1.29 is 9.32 Å². The maximum atomic E-state index is 12.9. The molecule has 1 N–H and O–H groups in total. The van der Waals surface area contributed by atoms with E-state index in [1.807, 2.05) is 31.3 Å². The molecule has 1 aromatic carbocycles. The number of aryl methyl sites for hydroxylation is 1. The zero-order valence-corrected chi connectivity index (χ0v) is 14.2. The number of benzene rings is 1. The van der Waals surface area contributed by atoms with Gasteiger partial charge in [-0.15, -0.1) is 0 Å². The summed E-state index contributed by atoms with van der Waals surface area (Å²) >= 11 is 6.25. The SMILES string of the molecule is Cn1ncc(Cl)c1CC1c2ccccc2C(=O)N1Cc1cc(=O)[nH]o1. The van der Waals surface area contributed by atoms with Crippen LogP contribution in [-0.4, -0.2) is 25.7 Å². The molecular formula is C17H15ClN4O3. The van der Waals surface area contributed by atoms with Crippen molar-refractivity contribution in [2.75, 3.05) is 0 Å². The average Bonchev–Trinajstić information content (AvgIpc) is 3.23. The van der Waals surface area contributed by atoms with Gasteiger partial charge in [0.1, 0.15) is 0 Å². The van der Waals surface area contributed by atoms with E-state index in [-0.39, 0.29) is 24.1 Å². The van der Waals surface area contributed by atoms with Gasteiger partial charge in [0.15, 0.2) is 5.76 Å². The summed E-state index contributed by atoms with van der Waals surface area (Å²) in [7, 11) is 1.82. The Kier molecular flexibility index (Phi) is 3.73. The molecule has 8 heteroatoms. The van der Waals surface area contributed by atoms with E-state index in [2.05, 4.69) is 10.3 Å². The Morgan fingerprint density at radius 2 is 2.12 bits per heavy atom. The van der Waals surface area contributed by atoms with E-state index in [0.29, 0.717) is 22.8 Å². The highest BCUT2D eigenvalue weighted by atomic mass is 35.5. The van der Waals surface area contributed by atoms with Gasteiger partial charge in [0.2, 0.25) is 0 Å². The fourth-order valence-electron chi connectivity index (χ4n) is 3.26. The first-order valence-electron chi connectivity index (χ1n) is 7.78. The van der Waals surface area contributed by atoms with Gasteiger partial charge in [-0.2, -0.15) is 10.3 Å². The van der Waals surface area contributed by atoms with Crippen LogP contribution >= 0.6 is 11.6 Å². The summed E-state index contributed by atoms with van der Waals surface area (Å²) < 4.78 is 6.84. The van der Waals surface area contributed by atoms with Crippen LogP contribution in [0.25, 0.3) is 0 Å². The van der Waals surface area contributed by atoms with Gasteiger partial charge < -0.3 is 9.42 Å². The molecular weight excluding hydrogens is 344 g/mol. The van der Waals surface area contributed by atoms with Crippen LogP contribution in [0.1, 0.15) is 33.4 Å². The second-order valence-electron chi connectivity index (χ2n) is 5.98. The minimum atomic E-state index is -0.328. The van der Waals surface area contributed by atoms with E-state index in [4.69, 9.17) is 16.1 Å². The molecule has 0 saturated carbocycles. The highest BCUT2D eigenvalue weighted by Crippen LogP contribution is 2.37. The van der Waals surface area contributed by atoms with Crippen LogP contribution in [0.15, 0.2) is 45.8 Å². The molecule has 2 aromatic heterocycles. The van der Waals surface area contributed by atoms with E-state index in [1.54, 1.807) is 15.8 Å². The van der Waals surface area contributed by atoms with Crippen LogP contribution in [-0.2, 0) is 20.0 Å². The molecule has 25 heavy (non-hydrogen) atoms. The standard InChI is InChI=1S/C17H15ClN4O3/c1-21-15(13(18)8-19-21)7-14-11-4-2-3-5-12(11)17(24)22(14)9-10-6-16(23)20-25-10/h2-6,8,14H,7,9H2,1H3,(H,20,23). The summed E-state index contributed by atoms with van der Waals surface area (Å²) in [5.74, 6) is 0.315. The molecule has 7 nitrogen and oxygen atoms in total. The molecule has 0 aliphatic carbocycles. The lowest BCUT2D eigenvalue weighted by Crippen LogP contribution is -2.29. The molecule has 4 rings (SSSR count). The van der Waals surface area contributed by atoms with Crippen LogP contribution in [0.2, 0.25) is 5.02 Å². The molecule has 3 heterocycles. The Morgan fingerprint density at radius 3 is 2.80 bits per heavy atom. The Hall–Kier alpha value is -2.80. The number of nitrogens with zero attached hydrogens (tertiary/aromatic N) is 3. The Bertz CT molecular complexity index is 984. The van der Waals surface area contributed by atoms with E-state index in [1.165, 1.54) is 6.07 Å². The lowest BCUT2D eigenvalue weighted by Gasteiger charge is -2.24. The summed E-state index contributed by atoms with van der Waals surface area (Å²) in [6.07, 6.45) is 2.11. The van der Waals surface area contributed by atoms with E-state index < -0.39 is 0 Å². The number of H-pyrrole nitrogens is 1. The maximum Gasteiger partial charge on any atom is 0.280 e. The minimum absolute atomic E-state index is 0.0947. The summed E-state index contributed by atoms with van der Waals surface area (Å²) in [5, 5.41) is 6.98. The number of hydrogen-bond acceptors (Lipinski definition) is 4. The topological polar surface area (TPSA) is 84.1 Å². The Labute approximate surface area is 147 Å². The first-order chi connectivity index (χ1) is 12.0. The monoisotopic (exact) mass is 358 g/mol. The van der Waals surface area contributed by atoms with Gasteiger partial charge in [0.25, 0.3) is 11.5 Å². The lowest BCUT2D eigenvalue weighted by molar-refractivity contribution is 0.0688. The van der Waals surface area contributed by atoms with Gasteiger partial charge in [0, 0.05) is 25.1 Å². The summed E-state index contributed by atoms with van der Waals surface area (Å²) in [4.78, 5) is 25.9. The van der Waals surface area contributed by atoms with Crippen LogP contribution in [0.3, 0.4) is 0 Å². The zero-order valence-electron chi connectivity index (χ0n) is 13.4. The van der Waals surface area contributed by atoms with Crippen molar-refractivity contribution in [2.24, 2.45) is 7.05 Å². The quantitative estimate of drug-likeness (QED) is 0.775. The first-order valence-corrected chi connectivity index (χ1v) is 8.16.